The summed E-state index contributed by atoms with van der Waals surface area (Å²) in [6, 6.07) is 18.5. The molecule has 0 spiro atoms. The maximum atomic E-state index is 4.87. The van der Waals surface area contributed by atoms with Crippen LogP contribution in [0.3, 0.4) is 0 Å². The van der Waals surface area contributed by atoms with Crippen molar-refractivity contribution in [3.63, 3.8) is 0 Å². The van der Waals surface area contributed by atoms with Gasteiger partial charge in [0.1, 0.15) is 5.82 Å². The number of aromatic nitrogens is 3. The van der Waals surface area contributed by atoms with Crippen LogP contribution in [0.15, 0.2) is 72.4 Å². The Labute approximate surface area is 169 Å². The van der Waals surface area contributed by atoms with E-state index in [0.717, 1.165) is 47.1 Å². The van der Waals surface area contributed by atoms with Crippen molar-refractivity contribution < 1.29 is 0 Å². The molecule has 0 aliphatic carbocycles. The summed E-state index contributed by atoms with van der Waals surface area (Å²) < 4.78 is 0. The van der Waals surface area contributed by atoms with Gasteiger partial charge in [-0.15, -0.1) is 11.3 Å². The van der Waals surface area contributed by atoms with Gasteiger partial charge in [-0.1, -0.05) is 36.4 Å². The van der Waals surface area contributed by atoms with Gasteiger partial charge in [0.2, 0.25) is 0 Å². The summed E-state index contributed by atoms with van der Waals surface area (Å²) in [5.74, 6) is 1.68. The molecule has 1 aromatic carbocycles. The summed E-state index contributed by atoms with van der Waals surface area (Å²) in [4.78, 5) is 17.6. The highest BCUT2D eigenvalue weighted by Gasteiger charge is 2.13. The van der Waals surface area contributed by atoms with Crippen molar-refractivity contribution in [2.45, 2.75) is 13.8 Å². The molecule has 0 amide bonds. The van der Waals surface area contributed by atoms with Gasteiger partial charge in [0.25, 0.3) is 0 Å². The maximum absolute atomic E-state index is 4.87. The lowest BCUT2D eigenvalue weighted by Crippen LogP contribution is -2.23. The minimum atomic E-state index is 0.738. The van der Waals surface area contributed by atoms with Crippen LogP contribution in [0, 0.1) is 0 Å². The molecule has 0 aliphatic heterocycles. The van der Waals surface area contributed by atoms with Crippen molar-refractivity contribution >= 4 is 17.2 Å². The van der Waals surface area contributed by atoms with Gasteiger partial charge < -0.3 is 4.90 Å². The molecule has 0 unspecified atom stereocenters. The van der Waals surface area contributed by atoms with Crippen LogP contribution in [0.1, 0.15) is 13.8 Å². The molecule has 140 valence electrons. The molecule has 4 aromatic rings. The highest BCUT2D eigenvalue weighted by molar-refractivity contribution is 7.13. The van der Waals surface area contributed by atoms with Crippen molar-refractivity contribution in [3.05, 3.63) is 72.4 Å². The molecule has 5 heteroatoms. The zero-order valence-corrected chi connectivity index (χ0v) is 16.9. The monoisotopic (exact) mass is 386 g/mol. The van der Waals surface area contributed by atoms with Gasteiger partial charge in [-0.25, -0.2) is 9.97 Å². The Balaban J connectivity index is 1.84. The topological polar surface area (TPSA) is 41.9 Å². The Bertz CT molecular complexity index is 1040. The third-order valence-electron chi connectivity index (χ3n) is 4.67. The van der Waals surface area contributed by atoms with Crippen LogP contribution in [0.5, 0.6) is 0 Å². The Morgan fingerprint density at radius 1 is 0.821 bits per heavy atom. The predicted octanol–water partition coefficient (Wildman–Crippen LogP) is 5.78. The van der Waals surface area contributed by atoms with Crippen molar-refractivity contribution in [2.24, 2.45) is 0 Å². The fourth-order valence-electron chi connectivity index (χ4n) is 3.17. The van der Waals surface area contributed by atoms with E-state index in [1.807, 2.05) is 42.7 Å². The first-order valence-electron chi connectivity index (χ1n) is 9.47. The Morgan fingerprint density at radius 2 is 1.61 bits per heavy atom. The van der Waals surface area contributed by atoms with Gasteiger partial charge in [-0.2, -0.15) is 0 Å². The number of benzene rings is 1. The lowest BCUT2D eigenvalue weighted by molar-refractivity contribution is 0.843. The molecule has 0 radical (unpaired) electrons. The maximum Gasteiger partial charge on any atom is 0.162 e. The number of hydrogen-bond acceptors (Lipinski definition) is 5. The zero-order chi connectivity index (χ0) is 19.3. The second kappa shape index (κ2) is 8.31. The minimum Gasteiger partial charge on any atom is -0.357 e. The molecule has 0 N–H and O–H groups in total. The number of hydrogen-bond donors (Lipinski definition) is 0. The summed E-state index contributed by atoms with van der Waals surface area (Å²) in [7, 11) is 0. The Morgan fingerprint density at radius 3 is 2.32 bits per heavy atom. The lowest BCUT2D eigenvalue weighted by atomic mass is 10.1. The van der Waals surface area contributed by atoms with Gasteiger partial charge in [-0.3, -0.25) is 4.98 Å². The molecule has 28 heavy (non-hydrogen) atoms. The third kappa shape index (κ3) is 3.80. The van der Waals surface area contributed by atoms with Crippen LogP contribution in [0.4, 0.5) is 5.82 Å². The van der Waals surface area contributed by atoms with E-state index in [1.54, 1.807) is 11.3 Å². The van der Waals surface area contributed by atoms with Crippen molar-refractivity contribution in [2.75, 3.05) is 18.0 Å². The number of thiophene rings is 1. The van der Waals surface area contributed by atoms with E-state index in [9.17, 15) is 0 Å². The second-order valence-corrected chi connectivity index (χ2v) is 7.36. The van der Waals surface area contributed by atoms with Crippen LogP contribution < -0.4 is 4.90 Å². The van der Waals surface area contributed by atoms with E-state index in [4.69, 9.17) is 9.97 Å². The van der Waals surface area contributed by atoms with Crippen LogP contribution in [-0.4, -0.2) is 28.0 Å². The molecular formula is C23H22N4S. The number of nitrogens with zero attached hydrogens (tertiary/aromatic N) is 4. The zero-order valence-electron chi connectivity index (χ0n) is 16.0. The predicted molar refractivity (Wildman–Crippen MR) is 118 cm³/mol. The summed E-state index contributed by atoms with van der Waals surface area (Å²) in [5, 5.41) is 2.08. The molecule has 0 saturated heterocycles. The first kappa shape index (κ1) is 18.3. The summed E-state index contributed by atoms with van der Waals surface area (Å²) in [6.07, 6.45) is 3.78. The quantitative estimate of drug-likeness (QED) is 0.421. The molecule has 3 aromatic heterocycles. The van der Waals surface area contributed by atoms with Crippen LogP contribution in [0.2, 0.25) is 0 Å². The molecule has 3 heterocycles. The van der Waals surface area contributed by atoms with Crippen LogP contribution in [-0.2, 0) is 0 Å². The smallest absolute Gasteiger partial charge is 0.162 e. The Hall–Kier alpha value is -3.05. The van der Waals surface area contributed by atoms with Crippen molar-refractivity contribution in [1.82, 2.24) is 15.0 Å². The largest absolute Gasteiger partial charge is 0.357 e. The van der Waals surface area contributed by atoms with Crippen LogP contribution >= 0.6 is 11.3 Å². The third-order valence-corrected chi connectivity index (χ3v) is 5.59. The molecule has 0 saturated carbocycles. The molecule has 4 nitrogen and oxygen atoms in total. The summed E-state index contributed by atoms with van der Waals surface area (Å²) in [6.45, 7) is 6.09. The second-order valence-electron chi connectivity index (χ2n) is 6.41. The molecule has 0 fully saturated rings. The van der Waals surface area contributed by atoms with E-state index in [2.05, 4.69) is 53.4 Å². The molecule has 0 bridgehead atoms. The van der Waals surface area contributed by atoms with Gasteiger partial charge in [0.15, 0.2) is 5.82 Å². The van der Waals surface area contributed by atoms with E-state index in [0.29, 0.717) is 0 Å². The average molecular weight is 387 g/mol. The van der Waals surface area contributed by atoms with Gasteiger partial charge >= 0.3 is 0 Å². The van der Waals surface area contributed by atoms with E-state index >= 15 is 0 Å². The highest BCUT2D eigenvalue weighted by Crippen LogP contribution is 2.30. The average Bonchev–Trinajstić information content (AvgIpc) is 3.30. The molecule has 0 aliphatic rings. The standard InChI is InChI=1S/C23H22N4S/c1-3-27(4-2)22-14-20(25-23(26-22)17-9-6-5-7-10-17)18-13-19(16-24-15-18)21-11-8-12-28-21/h5-16H,3-4H2,1-2H3. The summed E-state index contributed by atoms with van der Waals surface area (Å²) in [5.41, 5.74) is 4.01. The van der Waals surface area contributed by atoms with Crippen molar-refractivity contribution in [3.8, 4) is 33.1 Å². The van der Waals surface area contributed by atoms with Gasteiger partial charge in [0, 0.05) is 53.1 Å². The molecular weight excluding hydrogens is 364 g/mol. The number of rotatable bonds is 6. The SMILES string of the molecule is CCN(CC)c1cc(-c2cncc(-c3cccs3)c2)nc(-c2ccccc2)n1. The highest BCUT2D eigenvalue weighted by atomic mass is 32.1. The number of anilines is 1. The van der Waals surface area contributed by atoms with Crippen LogP contribution in [0.25, 0.3) is 33.1 Å². The first-order chi connectivity index (χ1) is 13.8. The van der Waals surface area contributed by atoms with Gasteiger partial charge in [-0.05, 0) is 31.4 Å². The minimum absolute atomic E-state index is 0.738. The Kier molecular flexibility index (Phi) is 5.44. The normalized spacial score (nSPS) is 10.8. The van der Waals surface area contributed by atoms with E-state index < -0.39 is 0 Å². The molecule has 4 rings (SSSR count). The number of pyridine rings is 1. The van der Waals surface area contributed by atoms with E-state index in [-0.39, 0.29) is 0 Å². The fraction of sp³-hybridized carbons (Fsp3) is 0.174. The summed E-state index contributed by atoms with van der Waals surface area (Å²) >= 11 is 1.71. The van der Waals surface area contributed by atoms with Gasteiger partial charge in [0.05, 0.1) is 5.69 Å². The fourth-order valence-corrected chi connectivity index (χ4v) is 3.87. The lowest BCUT2D eigenvalue weighted by Gasteiger charge is -2.21. The van der Waals surface area contributed by atoms with Crippen molar-refractivity contribution in [1.29, 1.82) is 0 Å². The molecule has 0 atom stereocenters. The van der Waals surface area contributed by atoms with E-state index in [1.165, 1.54) is 4.88 Å². The first-order valence-corrected chi connectivity index (χ1v) is 10.3.